The number of carbonyl (C=O) groups is 1. The lowest BCUT2D eigenvalue weighted by Gasteiger charge is -2.28. The van der Waals surface area contributed by atoms with Crippen LogP contribution in [0.2, 0.25) is 0 Å². The van der Waals surface area contributed by atoms with Gasteiger partial charge < -0.3 is 10.2 Å². The van der Waals surface area contributed by atoms with E-state index in [0.717, 1.165) is 25.2 Å². The monoisotopic (exact) mass is 475 g/mol. The lowest BCUT2D eigenvalue weighted by Crippen LogP contribution is -2.42. The van der Waals surface area contributed by atoms with Crippen molar-refractivity contribution < 1.29 is 13.2 Å². The first-order valence-corrected chi connectivity index (χ1v) is 12.4. The third-order valence-corrected chi connectivity index (χ3v) is 8.37. The number of rotatable bonds is 8. The summed E-state index contributed by atoms with van der Waals surface area (Å²) in [4.78, 5) is 16.2. The van der Waals surface area contributed by atoms with E-state index in [1.807, 2.05) is 36.4 Å². The average molecular weight is 476 g/mol. The highest BCUT2D eigenvalue weighted by atomic mass is 32.2. The Morgan fingerprint density at radius 1 is 1.03 bits per heavy atom. The van der Waals surface area contributed by atoms with Gasteiger partial charge >= 0.3 is 0 Å². The van der Waals surface area contributed by atoms with Crippen LogP contribution in [0.25, 0.3) is 0 Å². The lowest BCUT2D eigenvalue weighted by molar-refractivity contribution is -0.124. The molecule has 0 radical (unpaired) electrons. The highest BCUT2D eigenvalue weighted by Gasteiger charge is 2.54. The van der Waals surface area contributed by atoms with Gasteiger partial charge in [0.1, 0.15) is 0 Å². The van der Waals surface area contributed by atoms with Crippen LogP contribution in [0, 0.1) is 0 Å². The zero-order valence-corrected chi connectivity index (χ0v) is 20.6. The summed E-state index contributed by atoms with van der Waals surface area (Å²) < 4.78 is 27.0. The van der Waals surface area contributed by atoms with Gasteiger partial charge in [-0.25, -0.2) is 12.7 Å². The lowest BCUT2D eigenvalue weighted by atomic mass is 9.94. The number of amides is 1. The van der Waals surface area contributed by atoms with Crippen LogP contribution in [-0.4, -0.2) is 57.3 Å². The van der Waals surface area contributed by atoms with E-state index in [2.05, 4.69) is 10.2 Å². The highest BCUT2D eigenvalue weighted by Crippen LogP contribution is 2.51. The number of nitrogens with one attached hydrogen (secondary N) is 1. The van der Waals surface area contributed by atoms with Crippen molar-refractivity contribution in [1.82, 2.24) is 14.5 Å². The van der Waals surface area contributed by atoms with Crippen LogP contribution in [0.3, 0.4) is 0 Å². The largest absolute Gasteiger partial charge is 0.347 e. The van der Waals surface area contributed by atoms with E-state index < -0.39 is 15.4 Å². The van der Waals surface area contributed by atoms with Crippen molar-refractivity contribution in [3.8, 4) is 0 Å². The highest BCUT2D eigenvalue weighted by molar-refractivity contribution is 7.89. The Bertz CT molecular complexity index is 1030. The Kier molecular flexibility index (Phi) is 7.70. The topological polar surface area (TPSA) is 69.7 Å². The van der Waals surface area contributed by atoms with Crippen molar-refractivity contribution in [1.29, 1.82) is 0 Å². The molecule has 2 aromatic rings. The van der Waals surface area contributed by atoms with E-state index in [-0.39, 0.29) is 30.3 Å². The van der Waals surface area contributed by atoms with Crippen LogP contribution < -0.4 is 5.32 Å². The SMILES string of the molecule is CN(C)S(=O)(=O)c1ccccc1C1(C(=O)N[C@H](CN2CCCC2)c2ccccc2)CC1.S. The molecule has 1 aliphatic carbocycles. The predicted molar refractivity (Wildman–Crippen MR) is 132 cm³/mol. The molecule has 0 unspecified atom stereocenters. The number of sulfonamides is 1. The average Bonchev–Trinajstić information content (AvgIpc) is 3.43. The molecule has 2 aromatic carbocycles. The molecule has 8 heteroatoms. The summed E-state index contributed by atoms with van der Waals surface area (Å²) in [5.41, 5.74) is 0.902. The van der Waals surface area contributed by atoms with Crippen LogP contribution in [0.4, 0.5) is 0 Å². The second kappa shape index (κ2) is 9.95. The first-order chi connectivity index (χ1) is 14.8. The molecule has 4 rings (SSSR count). The number of hydrogen-bond acceptors (Lipinski definition) is 4. The van der Waals surface area contributed by atoms with Crippen LogP contribution in [0.1, 0.15) is 42.9 Å². The molecule has 2 fully saturated rings. The maximum absolute atomic E-state index is 13.6. The zero-order chi connectivity index (χ0) is 22.1. The summed E-state index contributed by atoms with van der Waals surface area (Å²) in [6.45, 7) is 2.87. The molecule has 0 bridgehead atoms. The molecule has 1 aliphatic heterocycles. The van der Waals surface area contributed by atoms with Gasteiger partial charge in [-0.3, -0.25) is 4.79 Å². The summed E-state index contributed by atoms with van der Waals surface area (Å²) in [5.74, 6) is -0.0815. The van der Waals surface area contributed by atoms with Crippen molar-refractivity contribution in [2.45, 2.75) is 42.0 Å². The number of hydrogen-bond donors (Lipinski definition) is 1. The summed E-state index contributed by atoms with van der Waals surface area (Å²) in [5, 5.41) is 3.28. The van der Waals surface area contributed by atoms with E-state index in [0.29, 0.717) is 18.4 Å². The van der Waals surface area contributed by atoms with Crippen LogP contribution >= 0.6 is 13.5 Å². The van der Waals surface area contributed by atoms with Gasteiger partial charge in [-0.1, -0.05) is 48.5 Å². The van der Waals surface area contributed by atoms with Crippen molar-refractivity contribution in [3.63, 3.8) is 0 Å². The first kappa shape index (κ1) is 24.8. The molecular formula is C24H33N3O3S2. The molecule has 1 atom stereocenters. The summed E-state index contributed by atoms with van der Waals surface area (Å²) in [7, 11) is -0.596. The van der Waals surface area contributed by atoms with Crippen LogP contribution in [0.15, 0.2) is 59.5 Å². The van der Waals surface area contributed by atoms with Gasteiger partial charge in [-0.05, 0) is 56.0 Å². The fraction of sp³-hybridized carbons (Fsp3) is 0.458. The third kappa shape index (κ3) is 4.88. The van der Waals surface area contributed by atoms with Crippen molar-refractivity contribution in [3.05, 3.63) is 65.7 Å². The van der Waals surface area contributed by atoms with Crippen molar-refractivity contribution >= 4 is 29.4 Å². The van der Waals surface area contributed by atoms with E-state index in [1.54, 1.807) is 18.2 Å². The molecule has 1 N–H and O–H groups in total. The van der Waals surface area contributed by atoms with E-state index >= 15 is 0 Å². The maximum Gasteiger partial charge on any atom is 0.242 e. The smallest absolute Gasteiger partial charge is 0.242 e. The Labute approximate surface area is 198 Å². The second-order valence-electron chi connectivity index (χ2n) is 8.81. The molecular weight excluding hydrogens is 442 g/mol. The van der Waals surface area contributed by atoms with Crippen LogP contribution in [0.5, 0.6) is 0 Å². The molecule has 6 nitrogen and oxygen atoms in total. The molecule has 1 saturated carbocycles. The molecule has 1 heterocycles. The first-order valence-electron chi connectivity index (χ1n) is 10.9. The Morgan fingerprint density at radius 3 is 2.22 bits per heavy atom. The normalized spacial score (nSPS) is 18.7. The van der Waals surface area contributed by atoms with Gasteiger partial charge in [0.05, 0.1) is 16.4 Å². The second-order valence-corrected chi connectivity index (χ2v) is 10.9. The third-order valence-electron chi connectivity index (χ3n) is 6.49. The number of benzene rings is 2. The Hall–Kier alpha value is -1.87. The molecule has 1 amide bonds. The molecule has 2 aliphatic rings. The minimum atomic E-state index is -3.64. The Balaban J connectivity index is 0.00000289. The minimum absolute atomic E-state index is 0. The minimum Gasteiger partial charge on any atom is -0.347 e. The van der Waals surface area contributed by atoms with E-state index in [1.165, 1.54) is 31.2 Å². The van der Waals surface area contributed by atoms with E-state index in [4.69, 9.17) is 0 Å². The molecule has 174 valence electrons. The van der Waals surface area contributed by atoms with Gasteiger partial charge in [0.15, 0.2) is 0 Å². The zero-order valence-electron chi connectivity index (χ0n) is 18.8. The number of nitrogens with zero attached hydrogens (tertiary/aromatic N) is 2. The predicted octanol–water partition coefficient (Wildman–Crippen LogP) is 3.03. The van der Waals surface area contributed by atoms with Gasteiger partial charge in [0.2, 0.25) is 15.9 Å². The summed E-state index contributed by atoms with van der Waals surface area (Å²) in [6, 6.07) is 16.9. The van der Waals surface area contributed by atoms with E-state index in [9.17, 15) is 13.2 Å². The molecule has 0 aromatic heterocycles. The molecule has 0 spiro atoms. The van der Waals surface area contributed by atoms with Crippen LogP contribution in [-0.2, 0) is 20.2 Å². The summed E-state index contributed by atoms with van der Waals surface area (Å²) in [6.07, 6.45) is 3.69. The molecule has 32 heavy (non-hydrogen) atoms. The van der Waals surface area contributed by atoms with Gasteiger partial charge in [0.25, 0.3) is 0 Å². The van der Waals surface area contributed by atoms with Gasteiger partial charge in [-0.2, -0.15) is 13.5 Å². The Morgan fingerprint density at radius 2 is 1.62 bits per heavy atom. The van der Waals surface area contributed by atoms with Gasteiger partial charge in [0, 0.05) is 20.6 Å². The molecule has 1 saturated heterocycles. The standard InChI is InChI=1S/C24H31N3O3S.H2S/c1-26(2)31(29,30)22-13-7-6-12-20(22)24(14-15-24)23(28)25-21(18-27-16-8-9-17-27)19-10-4-3-5-11-19;/h3-7,10-13,21H,8-9,14-18H2,1-2H3,(H,25,28);1H2/t21-;/m1./s1. The van der Waals surface area contributed by atoms with Crippen molar-refractivity contribution in [2.24, 2.45) is 0 Å². The maximum atomic E-state index is 13.6. The summed E-state index contributed by atoms with van der Waals surface area (Å²) >= 11 is 0. The van der Waals surface area contributed by atoms with Crippen molar-refractivity contribution in [2.75, 3.05) is 33.7 Å². The number of likely N-dealkylation sites (tertiary alicyclic amines) is 1. The fourth-order valence-corrected chi connectivity index (χ4v) is 5.65. The van der Waals surface area contributed by atoms with Gasteiger partial charge in [-0.15, -0.1) is 0 Å². The number of carbonyl (C=O) groups excluding carboxylic acids is 1. The fourth-order valence-electron chi connectivity index (χ4n) is 4.47. The quantitative estimate of drug-likeness (QED) is 0.637.